The second kappa shape index (κ2) is 7.18. The molecule has 3 nitrogen and oxygen atoms in total. The van der Waals surface area contributed by atoms with E-state index in [1.165, 1.54) is 6.07 Å². The normalized spacial score (nSPS) is 10.7. The summed E-state index contributed by atoms with van der Waals surface area (Å²) < 4.78 is 14.0. The lowest BCUT2D eigenvalue weighted by Gasteiger charge is -2.23. The molecule has 2 aromatic rings. The highest BCUT2D eigenvalue weighted by atomic mass is 19.1. The van der Waals surface area contributed by atoms with Crippen molar-refractivity contribution >= 4 is 11.5 Å². The standard InChI is InChI=1S/C17H21FN2O/c1-3-7-14-10-13(12-21)11-17(19-14)20(4-2)16-9-6-5-8-15(16)18/h5-6,8-11,21H,3-4,7,12H2,1-2H3. The summed E-state index contributed by atoms with van der Waals surface area (Å²) in [6.07, 6.45) is 1.82. The van der Waals surface area contributed by atoms with E-state index in [0.717, 1.165) is 24.1 Å². The molecule has 1 aromatic heterocycles. The first-order chi connectivity index (χ1) is 10.2. The number of hydrogen-bond acceptors (Lipinski definition) is 3. The Bertz CT molecular complexity index is 601. The third-order valence-corrected chi connectivity index (χ3v) is 3.35. The van der Waals surface area contributed by atoms with Crippen LogP contribution in [-0.2, 0) is 13.0 Å². The Labute approximate surface area is 125 Å². The number of rotatable bonds is 6. The molecule has 0 atom stereocenters. The van der Waals surface area contributed by atoms with Crippen molar-refractivity contribution in [1.29, 1.82) is 0 Å². The molecule has 0 aliphatic carbocycles. The maximum atomic E-state index is 14.0. The van der Waals surface area contributed by atoms with Crippen LogP contribution < -0.4 is 4.90 Å². The Morgan fingerprint density at radius 1 is 1.19 bits per heavy atom. The first kappa shape index (κ1) is 15.4. The smallest absolute Gasteiger partial charge is 0.146 e. The maximum Gasteiger partial charge on any atom is 0.146 e. The molecule has 0 radical (unpaired) electrons. The van der Waals surface area contributed by atoms with Crippen LogP contribution in [0.5, 0.6) is 0 Å². The van der Waals surface area contributed by atoms with E-state index in [-0.39, 0.29) is 12.4 Å². The van der Waals surface area contributed by atoms with Crippen LogP contribution in [0.25, 0.3) is 0 Å². The highest BCUT2D eigenvalue weighted by Gasteiger charge is 2.14. The number of pyridine rings is 1. The van der Waals surface area contributed by atoms with Gasteiger partial charge in [0, 0.05) is 12.2 Å². The monoisotopic (exact) mass is 288 g/mol. The van der Waals surface area contributed by atoms with Gasteiger partial charge in [-0.3, -0.25) is 0 Å². The highest BCUT2D eigenvalue weighted by Crippen LogP contribution is 2.27. The van der Waals surface area contributed by atoms with Crippen LogP contribution in [0.2, 0.25) is 0 Å². The molecule has 21 heavy (non-hydrogen) atoms. The van der Waals surface area contributed by atoms with Crippen molar-refractivity contribution in [3.8, 4) is 0 Å². The SMILES string of the molecule is CCCc1cc(CO)cc(N(CC)c2ccccc2F)n1. The summed E-state index contributed by atoms with van der Waals surface area (Å²) in [4.78, 5) is 6.43. The predicted molar refractivity (Wildman–Crippen MR) is 83.2 cm³/mol. The van der Waals surface area contributed by atoms with Gasteiger partial charge in [0.2, 0.25) is 0 Å². The van der Waals surface area contributed by atoms with Crippen molar-refractivity contribution in [2.45, 2.75) is 33.3 Å². The van der Waals surface area contributed by atoms with Crippen LogP contribution in [0.1, 0.15) is 31.5 Å². The van der Waals surface area contributed by atoms with Gasteiger partial charge in [-0.25, -0.2) is 9.37 Å². The number of para-hydroxylation sites is 1. The second-order valence-electron chi connectivity index (χ2n) is 4.93. The molecule has 1 N–H and O–H groups in total. The average Bonchev–Trinajstić information content (AvgIpc) is 2.50. The molecular formula is C17H21FN2O. The summed E-state index contributed by atoms with van der Waals surface area (Å²) in [6.45, 7) is 4.61. The van der Waals surface area contributed by atoms with E-state index < -0.39 is 0 Å². The van der Waals surface area contributed by atoms with Gasteiger partial charge in [-0.05, 0) is 43.2 Å². The molecule has 0 aliphatic heterocycles. The van der Waals surface area contributed by atoms with Gasteiger partial charge < -0.3 is 10.0 Å². The molecule has 1 aromatic carbocycles. The first-order valence-electron chi connectivity index (χ1n) is 7.32. The lowest BCUT2D eigenvalue weighted by molar-refractivity contribution is 0.281. The molecule has 112 valence electrons. The van der Waals surface area contributed by atoms with Crippen molar-refractivity contribution in [1.82, 2.24) is 4.98 Å². The zero-order valence-corrected chi connectivity index (χ0v) is 12.5. The zero-order valence-electron chi connectivity index (χ0n) is 12.5. The largest absolute Gasteiger partial charge is 0.392 e. The second-order valence-corrected chi connectivity index (χ2v) is 4.93. The van der Waals surface area contributed by atoms with E-state index in [1.807, 2.05) is 30.0 Å². The number of benzene rings is 1. The third kappa shape index (κ3) is 3.58. The number of hydrogen-bond donors (Lipinski definition) is 1. The number of aliphatic hydroxyl groups excluding tert-OH is 1. The molecule has 0 saturated heterocycles. The van der Waals surface area contributed by atoms with Gasteiger partial charge >= 0.3 is 0 Å². The Morgan fingerprint density at radius 3 is 2.57 bits per heavy atom. The van der Waals surface area contributed by atoms with Crippen LogP contribution in [-0.4, -0.2) is 16.6 Å². The van der Waals surface area contributed by atoms with Gasteiger partial charge in [0.05, 0.1) is 12.3 Å². The van der Waals surface area contributed by atoms with Crippen molar-refractivity contribution in [3.05, 3.63) is 53.5 Å². The predicted octanol–water partition coefficient (Wildman–Crippen LogP) is 3.82. The molecule has 1 heterocycles. The summed E-state index contributed by atoms with van der Waals surface area (Å²) in [5.41, 5.74) is 2.23. The number of aliphatic hydroxyl groups is 1. The van der Waals surface area contributed by atoms with Gasteiger partial charge in [0.25, 0.3) is 0 Å². The number of anilines is 2. The molecule has 0 aliphatic rings. The Balaban J connectivity index is 2.46. The van der Waals surface area contributed by atoms with Gasteiger partial charge in [-0.1, -0.05) is 25.5 Å². The summed E-state index contributed by atoms with van der Waals surface area (Å²) in [5, 5.41) is 9.41. The minimum atomic E-state index is -0.271. The van der Waals surface area contributed by atoms with Crippen LogP contribution in [0.3, 0.4) is 0 Å². The Kier molecular flexibility index (Phi) is 5.28. The van der Waals surface area contributed by atoms with Gasteiger partial charge in [0.1, 0.15) is 11.6 Å². The topological polar surface area (TPSA) is 36.4 Å². The maximum absolute atomic E-state index is 14.0. The highest BCUT2D eigenvalue weighted by molar-refractivity contribution is 5.61. The lowest BCUT2D eigenvalue weighted by atomic mass is 10.1. The molecule has 0 amide bonds. The summed E-state index contributed by atoms with van der Waals surface area (Å²) in [5.74, 6) is 0.408. The van der Waals surface area contributed by atoms with Gasteiger partial charge in [-0.15, -0.1) is 0 Å². The average molecular weight is 288 g/mol. The fraction of sp³-hybridized carbons (Fsp3) is 0.353. The van der Waals surface area contributed by atoms with E-state index in [0.29, 0.717) is 18.1 Å². The van der Waals surface area contributed by atoms with E-state index in [4.69, 9.17) is 0 Å². The summed E-state index contributed by atoms with van der Waals surface area (Å²) in [7, 11) is 0. The lowest BCUT2D eigenvalue weighted by Crippen LogP contribution is -2.19. The molecule has 0 unspecified atom stereocenters. The molecule has 2 rings (SSSR count). The Morgan fingerprint density at radius 2 is 1.95 bits per heavy atom. The van der Waals surface area contributed by atoms with Crippen LogP contribution in [0.15, 0.2) is 36.4 Å². The van der Waals surface area contributed by atoms with Gasteiger partial charge in [0.15, 0.2) is 0 Å². The number of aromatic nitrogens is 1. The molecule has 0 bridgehead atoms. The van der Waals surface area contributed by atoms with Gasteiger partial charge in [-0.2, -0.15) is 0 Å². The van der Waals surface area contributed by atoms with Crippen molar-refractivity contribution < 1.29 is 9.50 Å². The Hall–Kier alpha value is -1.94. The zero-order chi connectivity index (χ0) is 15.2. The van der Waals surface area contributed by atoms with Crippen LogP contribution in [0, 0.1) is 5.82 Å². The van der Waals surface area contributed by atoms with E-state index in [9.17, 15) is 9.50 Å². The third-order valence-electron chi connectivity index (χ3n) is 3.35. The first-order valence-corrected chi connectivity index (χ1v) is 7.32. The van der Waals surface area contributed by atoms with E-state index in [2.05, 4.69) is 11.9 Å². The molecule has 0 spiro atoms. The molecule has 4 heteroatoms. The number of halogens is 1. The van der Waals surface area contributed by atoms with E-state index >= 15 is 0 Å². The fourth-order valence-electron chi connectivity index (χ4n) is 2.37. The molecule has 0 fully saturated rings. The molecular weight excluding hydrogens is 267 g/mol. The minimum absolute atomic E-state index is 0.0406. The van der Waals surface area contributed by atoms with Crippen LogP contribution >= 0.6 is 0 Å². The quantitative estimate of drug-likeness (QED) is 0.877. The minimum Gasteiger partial charge on any atom is -0.392 e. The summed E-state index contributed by atoms with van der Waals surface area (Å²) >= 11 is 0. The fourth-order valence-corrected chi connectivity index (χ4v) is 2.37. The van der Waals surface area contributed by atoms with Crippen molar-refractivity contribution in [2.24, 2.45) is 0 Å². The van der Waals surface area contributed by atoms with Crippen LogP contribution in [0.4, 0.5) is 15.9 Å². The van der Waals surface area contributed by atoms with Crippen molar-refractivity contribution in [2.75, 3.05) is 11.4 Å². The summed E-state index contributed by atoms with van der Waals surface area (Å²) in [6, 6.07) is 10.4. The number of nitrogens with zero attached hydrogens (tertiary/aromatic N) is 2. The van der Waals surface area contributed by atoms with Crippen molar-refractivity contribution in [3.63, 3.8) is 0 Å². The molecule has 0 saturated carbocycles. The van der Waals surface area contributed by atoms with E-state index in [1.54, 1.807) is 12.1 Å². The number of aryl methyl sites for hydroxylation is 1.